The van der Waals surface area contributed by atoms with Crippen molar-refractivity contribution in [3.8, 4) is 5.69 Å². The van der Waals surface area contributed by atoms with E-state index in [1.54, 1.807) is 23.9 Å². The molecule has 0 aliphatic rings. The van der Waals surface area contributed by atoms with Crippen LogP contribution in [0.4, 0.5) is 0 Å². The molecule has 0 fully saturated rings. The van der Waals surface area contributed by atoms with E-state index in [1.165, 1.54) is 5.56 Å². The number of amides is 1. The summed E-state index contributed by atoms with van der Waals surface area (Å²) in [6, 6.07) is 25.2. The van der Waals surface area contributed by atoms with Gasteiger partial charge in [-0.2, -0.15) is 0 Å². The van der Waals surface area contributed by atoms with E-state index in [0.29, 0.717) is 33.1 Å². The van der Waals surface area contributed by atoms with Crippen molar-refractivity contribution in [3.05, 3.63) is 106 Å². The molecule has 0 radical (unpaired) electrons. The third-order valence-electron chi connectivity index (χ3n) is 5.41. The Morgan fingerprint density at radius 1 is 1.00 bits per heavy atom. The molecule has 1 unspecified atom stereocenters. The zero-order chi connectivity index (χ0) is 23.9. The summed E-state index contributed by atoms with van der Waals surface area (Å²) >= 11 is 14.2. The third kappa shape index (κ3) is 5.81. The molecule has 1 heterocycles. The van der Waals surface area contributed by atoms with Crippen LogP contribution in [0.5, 0.6) is 0 Å². The first-order valence-corrected chi connectivity index (χ1v) is 12.7. The van der Waals surface area contributed by atoms with E-state index < -0.39 is 0 Å². The molecule has 34 heavy (non-hydrogen) atoms. The van der Waals surface area contributed by atoms with Gasteiger partial charge in [0.05, 0.1) is 23.2 Å². The van der Waals surface area contributed by atoms with Crippen LogP contribution < -0.4 is 5.32 Å². The lowest BCUT2D eigenvalue weighted by Crippen LogP contribution is -2.29. The van der Waals surface area contributed by atoms with Crippen molar-refractivity contribution in [2.45, 2.75) is 36.7 Å². The number of hydrogen-bond donors (Lipinski definition) is 1. The van der Waals surface area contributed by atoms with Crippen molar-refractivity contribution < 1.29 is 4.79 Å². The number of nitrogens with one attached hydrogen (secondary N) is 1. The summed E-state index contributed by atoms with van der Waals surface area (Å²) in [5, 5.41) is 13.5. The highest BCUT2D eigenvalue weighted by Gasteiger charge is 2.21. The highest BCUT2D eigenvalue weighted by atomic mass is 35.5. The monoisotopic (exact) mass is 510 g/mol. The van der Waals surface area contributed by atoms with Crippen molar-refractivity contribution >= 4 is 40.9 Å². The van der Waals surface area contributed by atoms with E-state index >= 15 is 0 Å². The minimum absolute atomic E-state index is 0.0519. The predicted molar refractivity (Wildman–Crippen MR) is 139 cm³/mol. The molecule has 3 aromatic carbocycles. The standard InChI is InChI=1S/C26H24Cl2N4OS/c1-2-21(19-11-7-4-8-12-19)25(33)29-16-24-30-31-26(34-17-18-9-5-3-6-10-18)32(24)23-14-13-20(27)15-22(23)28/h3-15,21H,2,16-17H2,1H3,(H,29,33). The van der Waals surface area contributed by atoms with Crippen LogP contribution in [0, 0.1) is 0 Å². The molecule has 0 aliphatic carbocycles. The quantitative estimate of drug-likeness (QED) is 0.255. The Morgan fingerprint density at radius 2 is 1.71 bits per heavy atom. The summed E-state index contributed by atoms with van der Waals surface area (Å²) in [4.78, 5) is 13.0. The van der Waals surface area contributed by atoms with Crippen LogP contribution in [-0.2, 0) is 17.1 Å². The Labute approximate surface area is 213 Å². The lowest BCUT2D eigenvalue weighted by Gasteiger charge is -2.16. The predicted octanol–water partition coefficient (Wildman–Crippen LogP) is 6.68. The van der Waals surface area contributed by atoms with Crippen LogP contribution >= 0.6 is 35.0 Å². The van der Waals surface area contributed by atoms with Crippen molar-refractivity contribution in [2.24, 2.45) is 0 Å². The first-order valence-electron chi connectivity index (χ1n) is 11.0. The van der Waals surface area contributed by atoms with Gasteiger partial charge in [0, 0.05) is 10.8 Å². The summed E-state index contributed by atoms with van der Waals surface area (Å²) < 4.78 is 1.88. The Morgan fingerprint density at radius 3 is 2.38 bits per heavy atom. The van der Waals surface area contributed by atoms with Gasteiger partial charge in [0.1, 0.15) is 0 Å². The van der Waals surface area contributed by atoms with Gasteiger partial charge in [0.15, 0.2) is 11.0 Å². The summed E-state index contributed by atoms with van der Waals surface area (Å²) in [6.45, 7) is 2.23. The fourth-order valence-electron chi connectivity index (χ4n) is 3.68. The number of halogens is 2. The summed E-state index contributed by atoms with van der Waals surface area (Å²) in [6.07, 6.45) is 0.698. The van der Waals surface area contributed by atoms with Gasteiger partial charge in [-0.15, -0.1) is 10.2 Å². The molecule has 1 amide bonds. The van der Waals surface area contributed by atoms with Gasteiger partial charge in [-0.1, -0.05) is 103 Å². The number of carbonyl (C=O) groups is 1. The second-order valence-corrected chi connectivity index (χ2v) is 9.48. The smallest absolute Gasteiger partial charge is 0.227 e. The molecule has 0 aliphatic heterocycles. The first-order chi connectivity index (χ1) is 16.6. The number of nitrogens with zero attached hydrogens (tertiary/aromatic N) is 3. The van der Waals surface area contributed by atoms with Gasteiger partial charge in [0.25, 0.3) is 0 Å². The zero-order valence-electron chi connectivity index (χ0n) is 18.6. The van der Waals surface area contributed by atoms with E-state index in [9.17, 15) is 4.79 Å². The van der Waals surface area contributed by atoms with Crippen molar-refractivity contribution in [3.63, 3.8) is 0 Å². The van der Waals surface area contributed by atoms with E-state index in [-0.39, 0.29) is 18.4 Å². The fraction of sp³-hybridized carbons (Fsp3) is 0.192. The summed E-state index contributed by atoms with van der Waals surface area (Å²) in [7, 11) is 0. The molecule has 5 nitrogen and oxygen atoms in total. The number of thioether (sulfide) groups is 1. The maximum Gasteiger partial charge on any atom is 0.227 e. The molecule has 1 atom stereocenters. The molecule has 0 saturated heterocycles. The summed E-state index contributed by atoms with van der Waals surface area (Å²) in [5.74, 6) is 1.03. The van der Waals surface area contributed by atoms with E-state index in [0.717, 1.165) is 11.3 Å². The highest BCUT2D eigenvalue weighted by Crippen LogP contribution is 2.31. The van der Waals surface area contributed by atoms with Gasteiger partial charge in [0.2, 0.25) is 5.91 Å². The van der Waals surface area contributed by atoms with Gasteiger partial charge in [-0.05, 0) is 35.7 Å². The average molecular weight is 511 g/mol. The molecule has 4 aromatic rings. The molecule has 4 rings (SSSR count). The molecule has 0 saturated carbocycles. The van der Waals surface area contributed by atoms with Crippen molar-refractivity contribution in [1.82, 2.24) is 20.1 Å². The Kier molecular flexibility index (Phi) is 8.27. The highest BCUT2D eigenvalue weighted by molar-refractivity contribution is 7.98. The maximum absolute atomic E-state index is 13.0. The number of hydrogen-bond acceptors (Lipinski definition) is 4. The lowest BCUT2D eigenvalue weighted by molar-refractivity contribution is -0.122. The molecular weight excluding hydrogens is 487 g/mol. The molecule has 0 spiro atoms. The Bertz CT molecular complexity index is 1250. The largest absolute Gasteiger partial charge is 0.348 e. The minimum atomic E-state index is -0.233. The van der Waals surface area contributed by atoms with E-state index in [4.69, 9.17) is 23.2 Å². The second kappa shape index (κ2) is 11.6. The number of aromatic nitrogens is 3. The molecule has 1 N–H and O–H groups in total. The van der Waals surface area contributed by atoms with Crippen LogP contribution in [0.2, 0.25) is 10.0 Å². The average Bonchev–Trinajstić information content (AvgIpc) is 3.25. The number of rotatable bonds is 9. The lowest BCUT2D eigenvalue weighted by atomic mass is 9.96. The maximum atomic E-state index is 13.0. The first kappa shape index (κ1) is 24.3. The molecule has 8 heteroatoms. The zero-order valence-corrected chi connectivity index (χ0v) is 20.9. The van der Waals surface area contributed by atoms with Gasteiger partial charge >= 0.3 is 0 Å². The molecule has 0 bridgehead atoms. The van der Waals surface area contributed by atoms with Crippen molar-refractivity contribution in [2.75, 3.05) is 0 Å². The van der Waals surface area contributed by atoms with E-state index in [1.807, 2.05) is 66.1 Å². The number of carbonyl (C=O) groups excluding carboxylic acids is 1. The van der Waals surface area contributed by atoms with E-state index in [2.05, 4.69) is 27.6 Å². The Hall–Kier alpha value is -2.80. The minimum Gasteiger partial charge on any atom is -0.348 e. The van der Waals surface area contributed by atoms with Gasteiger partial charge in [-0.25, -0.2) is 0 Å². The SMILES string of the molecule is CCC(C(=O)NCc1nnc(SCc2ccccc2)n1-c1ccc(Cl)cc1Cl)c1ccccc1. The second-order valence-electron chi connectivity index (χ2n) is 7.69. The van der Waals surface area contributed by atoms with Crippen molar-refractivity contribution in [1.29, 1.82) is 0 Å². The fourth-order valence-corrected chi connectivity index (χ4v) is 5.09. The van der Waals surface area contributed by atoms with Gasteiger partial charge in [-0.3, -0.25) is 9.36 Å². The molecule has 1 aromatic heterocycles. The van der Waals surface area contributed by atoms with Gasteiger partial charge < -0.3 is 5.32 Å². The molecule has 174 valence electrons. The normalized spacial score (nSPS) is 11.9. The van der Waals surface area contributed by atoms with Crippen LogP contribution in [0.1, 0.15) is 36.2 Å². The van der Waals surface area contributed by atoms with Crippen LogP contribution in [-0.4, -0.2) is 20.7 Å². The summed E-state index contributed by atoms with van der Waals surface area (Å²) in [5.41, 5.74) is 2.88. The van der Waals surface area contributed by atoms with Crippen LogP contribution in [0.25, 0.3) is 5.69 Å². The third-order valence-corrected chi connectivity index (χ3v) is 6.95. The molecular formula is C26H24Cl2N4OS. The van der Waals surface area contributed by atoms with Crippen LogP contribution in [0.15, 0.2) is 84.0 Å². The topological polar surface area (TPSA) is 59.8 Å². The number of benzene rings is 3. The van der Waals surface area contributed by atoms with Crippen LogP contribution in [0.3, 0.4) is 0 Å². The Balaban J connectivity index is 1.59.